The molecule has 0 atom stereocenters. The van der Waals surface area contributed by atoms with Crippen LogP contribution in [-0.2, 0) is 18.9 Å². The molecule has 0 N–H and O–H groups in total. The van der Waals surface area contributed by atoms with Gasteiger partial charge in [0.05, 0.1) is 26.4 Å². The van der Waals surface area contributed by atoms with E-state index in [2.05, 4.69) is 0 Å². The van der Waals surface area contributed by atoms with Gasteiger partial charge in [-0.1, -0.05) is 42.5 Å². The molecule has 0 unspecified atom stereocenters. The smallest absolute Gasteiger partial charge is 0.162 e. The highest BCUT2D eigenvalue weighted by Crippen LogP contribution is 2.10. The third kappa shape index (κ3) is 7.07. The van der Waals surface area contributed by atoms with Crippen molar-refractivity contribution in [2.24, 2.45) is 0 Å². The third-order valence-corrected chi connectivity index (χ3v) is 3.03. The normalized spacial score (nSPS) is 10.9. The highest BCUT2D eigenvalue weighted by molar-refractivity contribution is 7.80. The quantitative estimate of drug-likeness (QED) is 0.271. The first kappa shape index (κ1) is 17.2. The van der Waals surface area contributed by atoms with Gasteiger partial charge >= 0.3 is 0 Å². The summed E-state index contributed by atoms with van der Waals surface area (Å²) in [4.78, 5) is 0.824. The fourth-order valence-electron chi connectivity index (χ4n) is 1.59. The zero-order valence-electron chi connectivity index (χ0n) is 12.0. The number of ether oxygens (including phenoxy) is 4. The molecule has 0 saturated carbocycles. The molecular formula is C15H22O4S. The second-order valence-corrected chi connectivity index (χ2v) is 4.64. The SMILES string of the molecule is COCCOC(CC(=S)c1ccccc1)OCCOC. The monoisotopic (exact) mass is 298 g/mol. The van der Waals surface area contributed by atoms with E-state index in [1.807, 2.05) is 30.3 Å². The summed E-state index contributed by atoms with van der Waals surface area (Å²) in [5, 5.41) is 0. The summed E-state index contributed by atoms with van der Waals surface area (Å²) in [6.07, 6.45) is 0.181. The molecule has 20 heavy (non-hydrogen) atoms. The van der Waals surface area contributed by atoms with Gasteiger partial charge in [0.15, 0.2) is 6.29 Å². The first-order chi connectivity index (χ1) is 9.77. The number of hydrogen-bond donors (Lipinski definition) is 0. The molecule has 0 amide bonds. The Bertz CT molecular complexity index is 359. The molecule has 0 fully saturated rings. The summed E-state index contributed by atoms with van der Waals surface area (Å²) >= 11 is 5.43. The van der Waals surface area contributed by atoms with Gasteiger partial charge in [-0.3, -0.25) is 0 Å². The second-order valence-electron chi connectivity index (χ2n) is 4.15. The average molecular weight is 298 g/mol. The highest BCUT2D eigenvalue weighted by atomic mass is 32.1. The van der Waals surface area contributed by atoms with Gasteiger partial charge in [0.25, 0.3) is 0 Å². The van der Waals surface area contributed by atoms with Gasteiger partial charge < -0.3 is 18.9 Å². The van der Waals surface area contributed by atoms with Gasteiger partial charge in [0.2, 0.25) is 0 Å². The lowest BCUT2D eigenvalue weighted by Crippen LogP contribution is -2.24. The Labute approximate surface area is 126 Å². The molecule has 0 aliphatic heterocycles. The van der Waals surface area contributed by atoms with Crippen LogP contribution < -0.4 is 0 Å². The van der Waals surface area contributed by atoms with Crippen molar-refractivity contribution in [3.63, 3.8) is 0 Å². The summed E-state index contributed by atoms with van der Waals surface area (Å²) in [5.74, 6) is 0. The van der Waals surface area contributed by atoms with Gasteiger partial charge in [-0.2, -0.15) is 0 Å². The minimum absolute atomic E-state index is 0.368. The Hall–Kier alpha value is -0.850. The minimum Gasteiger partial charge on any atom is -0.382 e. The van der Waals surface area contributed by atoms with Crippen LogP contribution in [0.4, 0.5) is 0 Å². The summed E-state index contributed by atoms with van der Waals surface area (Å²) < 4.78 is 21.2. The zero-order valence-corrected chi connectivity index (χ0v) is 12.9. The maximum atomic E-state index is 5.63. The Balaban J connectivity index is 2.47. The largest absolute Gasteiger partial charge is 0.382 e. The number of thiocarbonyl (C=S) groups is 1. The lowest BCUT2D eigenvalue weighted by Gasteiger charge is -2.19. The van der Waals surface area contributed by atoms with E-state index in [-0.39, 0.29) is 6.29 Å². The van der Waals surface area contributed by atoms with Crippen molar-refractivity contribution in [2.75, 3.05) is 40.6 Å². The first-order valence-electron chi connectivity index (χ1n) is 6.57. The molecule has 4 nitrogen and oxygen atoms in total. The van der Waals surface area contributed by atoms with Crippen LogP contribution in [0.25, 0.3) is 0 Å². The second kappa shape index (κ2) is 10.9. The van der Waals surface area contributed by atoms with Crippen LogP contribution >= 0.6 is 12.2 Å². The standard InChI is InChI=1S/C15H22O4S/c1-16-8-10-18-15(19-11-9-17-2)12-14(20)13-6-4-3-5-7-13/h3-7,15H,8-12H2,1-2H3. The van der Waals surface area contributed by atoms with E-state index in [0.717, 1.165) is 10.4 Å². The van der Waals surface area contributed by atoms with Crippen molar-refractivity contribution in [1.82, 2.24) is 0 Å². The summed E-state index contributed by atoms with van der Waals surface area (Å²) in [6, 6.07) is 9.88. The fourth-order valence-corrected chi connectivity index (χ4v) is 1.86. The van der Waals surface area contributed by atoms with E-state index in [1.54, 1.807) is 14.2 Å². The van der Waals surface area contributed by atoms with Crippen molar-refractivity contribution in [2.45, 2.75) is 12.7 Å². The Morgan fingerprint density at radius 2 is 1.50 bits per heavy atom. The van der Waals surface area contributed by atoms with Gasteiger partial charge in [0.1, 0.15) is 0 Å². The number of rotatable bonds is 11. The molecule has 5 heteroatoms. The summed E-state index contributed by atoms with van der Waals surface area (Å²) in [7, 11) is 3.28. The van der Waals surface area contributed by atoms with Gasteiger partial charge in [-0.15, -0.1) is 0 Å². The fraction of sp³-hybridized carbons (Fsp3) is 0.533. The molecule has 0 aliphatic rings. The maximum Gasteiger partial charge on any atom is 0.162 e. The van der Waals surface area contributed by atoms with Crippen LogP contribution in [0.15, 0.2) is 30.3 Å². The molecule has 112 valence electrons. The highest BCUT2D eigenvalue weighted by Gasteiger charge is 2.13. The van der Waals surface area contributed by atoms with Crippen LogP contribution in [0.1, 0.15) is 12.0 Å². The molecule has 0 radical (unpaired) electrons. The Morgan fingerprint density at radius 3 is 2.00 bits per heavy atom. The molecule has 0 saturated heterocycles. The summed E-state index contributed by atoms with van der Waals surface area (Å²) in [6.45, 7) is 2.02. The predicted octanol–water partition coefficient (Wildman–Crippen LogP) is 2.45. The third-order valence-electron chi connectivity index (χ3n) is 2.63. The van der Waals surface area contributed by atoms with Crippen LogP contribution in [0.2, 0.25) is 0 Å². The number of hydrogen-bond acceptors (Lipinski definition) is 5. The van der Waals surface area contributed by atoms with Crippen molar-refractivity contribution in [3.05, 3.63) is 35.9 Å². The number of methoxy groups -OCH3 is 2. The zero-order chi connectivity index (χ0) is 14.6. The van der Waals surface area contributed by atoms with E-state index >= 15 is 0 Å². The minimum atomic E-state index is -0.368. The molecule has 0 aliphatic carbocycles. The molecule has 0 aromatic heterocycles. The van der Waals surface area contributed by atoms with Crippen molar-refractivity contribution in [1.29, 1.82) is 0 Å². The molecule has 1 rings (SSSR count). The predicted molar refractivity (Wildman–Crippen MR) is 82.2 cm³/mol. The molecule has 1 aromatic carbocycles. The Morgan fingerprint density at radius 1 is 0.950 bits per heavy atom. The van der Waals surface area contributed by atoms with Crippen LogP contribution in [0, 0.1) is 0 Å². The first-order valence-corrected chi connectivity index (χ1v) is 6.98. The van der Waals surface area contributed by atoms with Crippen molar-refractivity contribution in [3.8, 4) is 0 Å². The van der Waals surface area contributed by atoms with E-state index < -0.39 is 0 Å². The topological polar surface area (TPSA) is 36.9 Å². The van der Waals surface area contributed by atoms with Gasteiger partial charge in [0, 0.05) is 25.5 Å². The lowest BCUT2D eigenvalue weighted by molar-refractivity contribution is -0.150. The number of benzene rings is 1. The molecule has 0 bridgehead atoms. The maximum absolute atomic E-state index is 5.63. The molecule has 0 spiro atoms. The average Bonchev–Trinajstić information content (AvgIpc) is 2.48. The van der Waals surface area contributed by atoms with E-state index in [4.69, 9.17) is 31.2 Å². The van der Waals surface area contributed by atoms with Crippen LogP contribution in [-0.4, -0.2) is 51.8 Å². The van der Waals surface area contributed by atoms with E-state index in [9.17, 15) is 0 Å². The molecule has 1 aromatic rings. The van der Waals surface area contributed by atoms with E-state index in [0.29, 0.717) is 32.8 Å². The van der Waals surface area contributed by atoms with Crippen LogP contribution in [0.5, 0.6) is 0 Å². The Kier molecular flexibility index (Phi) is 9.36. The van der Waals surface area contributed by atoms with Gasteiger partial charge in [-0.25, -0.2) is 0 Å². The lowest BCUT2D eigenvalue weighted by atomic mass is 10.1. The van der Waals surface area contributed by atoms with Crippen molar-refractivity contribution < 1.29 is 18.9 Å². The molecular weight excluding hydrogens is 276 g/mol. The van der Waals surface area contributed by atoms with Crippen molar-refractivity contribution >= 4 is 17.1 Å². The van der Waals surface area contributed by atoms with Gasteiger partial charge in [-0.05, 0) is 5.56 Å². The van der Waals surface area contributed by atoms with E-state index in [1.165, 1.54) is 0 Å². The van der Waals surface area contributed by atoms with Crippen LogP contribution in [0.3, 0.4) is 0 Å². The summed E-state index contributed by atoms with van der Waals surface area (Å²) in [5.41, 5.74) is 1.03. The molecule has 0 heterocycles.